The maximum Gasteiger partial charge on any atom is 0.253 e. The van der Waals surface area contributed by atoms with Gasteiger partial charge in [-0.05, 0) is 55.3 Å². The van der Waals surface area contributed by atoms with Gasteiger partial charge in [-0.2, -0.15) is 0 Å². The topological polar surface area (TPSA) is 83.6 Å². The lowest BCUT2D eigenvalue weighted by Gasteiger charge is -2.18. The van der Waals surface area contributed by atoms with Crippen LogP contribution in [0.1, 0.15) is 49.9 Å². The molecular formula is C22H27ClN2O4S. The van der Waals surface area contributed by atoms with E-state index in [0.717, 1.165) is 12.8 Å². The van der Waals surface area contributed by atoms with Gasteiger partial charge in [0.25, 0.3) is 5.91 Å². The van der Waals surface area contributed by atoms with Gasteiger partial charge in [0, 0.05) is 30.6 Å². The normalized spacial score (nSPS) is 11.2. The minimum Gasteiger partial charge on any atom is -0.342 e. The summed E-state index contributed by atoms with van der Waals surface area (Å²) in [6.07, 6.45) is 2.68. The number of carbonyl (C=O) groups excluding carboxylic acids is 2. The smallest absolute Gasteiger partial charge is 0.253 e. The van der Waals surface area contributed by atoms with Gasteiger partial charge in [-0.3, -0.25) is 9.59 Å². The van der Waals surface area contributed by atoms with Gasteiger partial charge in [0.1, 0.15) is 0 Å². The number of carbonyl (C=O) groups is 2. The average molecular weight is 451 g/mol. The molecule has 162 valence electrons. The van der Waals surface area contributed by atoms with Gasteiger partial charge >= 0.3 is 0 Å². The Morgan fingerprint density at radius 3 is 2.30 bits per heavy atom. The molecule has 0 aliphatic carbocycles. The molecule has 0 aliphatic heterocycles. The van der Waals surface area contributed by atoms with E-state index in [0.29, 0.717) is 23.6 Å². The van der Waals surface area contributed by atoms with Crippen molar-refractivity contribution in [1.82, 2.24) is 4.90 Å². The van der Waals surface area contributed by atoms with Crippen LogP contribution >= 0.6 is 11.6 Å². The first-order chi connectivity index (χ1) is 14.2. The SMILES string of the molecule is CCCCN(C)C(=O)c1ccc(S(=O)(=O)c2ccc(Cl)cc2)c(NC(=O)CCC)c1. The lowest BCUT2D eigenvalue weighted by molar-refractivity contribution is -0.116. The van der Waals surface area contributed by atoms with Crippen molar-refractivity contribution in [2.45, 2.75) is 49.3 Å². The minimum atomic E-state index is -3.92. The molecule has 30 heavy (non-hydrogen) atoms. The van der Waals surface area contributed by atoms with E-state index in [9.17, 15) is 18.0 Å². The Morgan fingerprint density at radius 1 is 1.03 bits per heavy atom. The van der Waals surface area contributed by atoms with E-state index in [1.54, 1.807) is 11.9 Å². The molecule has 0 spiro atoms. The molecule has 0 heterocycles. The molecule has 0 radical (unpaired) electrons. The van der Waals surface area contributed by atoms with E-state index >= 15 is 0 Å². The number of amides is 2. The summed E-state index contributed by atoms with van der Waals surface area (Å²) >= 11 is 5.87. The van der Waals surface area contributed by atoms with E-state index in [1.165, 1.54) is 42.5 Å². The fourth-order valence-corrected chi connectivity index (χ4v) is 4.41. The zero-order valence-electron chi connectivity index (χ0n) is 17.4. The number of nitrogens with one attached hydrogen (secondary N) is 1. The van der Waals surface area contributed by atoms with Crippen LogP contribution in [0.2, 0.25) is 5.02 Å². The molecule has 2 amide bonds. The molecule has 0 bridgehead atoms. The molecule has 8 heteroatoms. The second-order valence-corrected chi connectivity index (χ2v) is 9.40. The summed E-state index contributed by atoms with van der Waals surface area (Å²) in [6, 6.07) is 10.1. The zero-order valence-corrected chi connectivity index (χ0v) is 19.0. The fraction of sp³-hybridized carbons (Fsp3) is 0.364. The van der Waals surface area contributed by atoms with Crippen molar-refractivity contribution in [2.24, 2.45) is 0 Å². The molecule has 0 fully saturated rings. The third-order valence-electron chi connectivity index (χ3n) is 4.58. The van der Waals surface area contributed by atoms with Crippen LogP contribution < -0.4 is 5.32 Å². The van der Waals surface area contributed by atoms with Crippen molar-refractivity contribution in [3.05, 3.63) is 53.1 Å². The summed E-state index contributed by atoms with van der Waals surface area (Å²) < 4.78 is 26.3. The van der Waals surface area contributed by atoms with Crippen LogP contribution in [-0.4, -0.2) is 38.7 Å². The maximum absolute atomic E-state index is 13.2. The summed E-state index contributed by atoms with van der Waals surface area (Å²) in [7, 11) is -2.22. The first-order valence-corrected chi connectivity index (χ1v) is 11.8. The summed E-state index contributed by atoms with van der Waals surface area (Å²) in [5, 5.41) is 3.08. The molecule has 0 saturated heterocycles. The van der Waals surface area contributed by atoms with Crippen LogP contribution in [0.15, 0.2) is 52.3 Å². The zero-order chi connectivity index (χ0) is 22.3. The van der Waals surface area contributed by atoms with E-state index < -0.39 is 9.84 Å². The third kappa shape index (κ3) is 5.83. The Hall–Kier alpha value is -2.38. The standard InChI is InChI=1S/C22H27ClN2O4S/c1-4-6-14-25(3)22(27)16-8-13-20(19(15-16)24-21(26)7-5-2)30(28,29)18-11-9-17(23)10-12-18/h8-13,15H,4-7,14H2,1-3H3,(H,24,26). The number of anilines is 1. The van der Waals surface area contributed by atoms with Gasteiger partial charge in [-0.15, -0.1) is 0 Å². The molecular weight excluding hydrogens is 424 g/mol. The van der Waals surface area contributed by atoms with E-state index in [1.807, 2.05) is 13.8 Å². The molecule has 0 aromatic heterocycles. The number of benzene rings is 2. The van der Waals surface area contributed by atoms with Crippen molar-refractivity contribution in [3.8, 4) is 0 Å². The molecule has 1 N–H and O–H groups in total. The highest BCUT2D eigenvalue weighted by atomic mass is 35.5. The number of halogens is 1. The monoisotopic (exact) mass is 450 g/mol. The quantitative estimate of drug-likeness (QED) is 0.595. The van der Waals surface area contributed by atoms with Crippen LogP contribution in [0.5, 0.6) is 0 Å². The number of hydrogen-bond acceptors (Lipinski definition) is 4. The van der Waals surface area contributed by atoms with Crippen LogP contribution in [-0.2, 0) is 14.6 Å². The van der Waals surface area contributed by atoms with Gasteiger partial charge in [0.05, 0.1) is 15.5 Å². The lowest BCUT2D eigenvalue weighted by atomic mass is 10.1. The van der Waals surface area contributed by atoms with Gasteiger partial charge in [-0.25, -0.2) is 8.42 Å². The third-order valence-corrected chi connectivity index (χ3v) is 6.66. The minimum absolute atomic E-state index is 0.0528. The van der Waals surface area contributed by atoms with Crippen molar-refractivity contribution in [3.63, 3.8) is 0 Å². The van der Waals surface area contributed by atoms with Gasteiger partial charge in [0.2, 0.25) is 15.7 Å². The van der Waals surface area contributed by atoms with E-state index in [2.05, 4.69) is 5.32 Å². The molecule has 0 atom stereocenters. The number of rotatable bonds is 9. The van der Waals surface area contributed by atoms with Gasteiger partial charge in [-0.1, -0.05) is 31.9 Å². The second-order valence-electron chi connectivity index (χ2n) is 7.05. The predicted molar refractivity (Wildman–Crippen MR) is 119 cm³/mol. The average Bonchev–Trinajstić information content (AvgIpc) is 2.71. The van der Waals surface area contributed by atoms with Crippen molar-refractivity contribution < 1.29 is 18.0 Å². The Bertz CT molecular complexity index is 1000. The molecule has 0 aliphatic rings. The highest BCUT2D eigenvalue weighted by molar-refractivity contribution is 7.91. The Labute approximate surface area is 183 Å². The predicted octanol–water partition coefficient (Wildman–Crippen LogP) is 4.78. The first kappa shape index (κ1) is 23.9. The molecule has 2 rings (SSSR count). The first-order valence-electron chi connectivity index (χ1n) is 9.90. The van der Waals surface area contributed by atoms with Crippen LogP contribution in [0.4, 0.5) is 5.69 Å². The number of unbranched alkanes of at least 4 members (excludes halogenated alkanes) is 1. The summed E-state index contributed by atoms with van der Waals surface area (Å²) in [6.45, 7) is 4.49. The second kappa shape index (κ2) is 10.6. The summed E-state index contributed by atoms with van der Waals surface area (Å²) in [4.78, 5) is 26.5. The fourth-order valence-electron chi connectivity index (χ4n) is 2.89. The van der Waals surface area contributed by atoms with E-state index in [-0.39, 0.29) is 33.7 Å². The highest BCUT2D eigenvalue weighted by Gasteiger charge is 2.24. The van der Waals surface area contributed by atoms with Crippen LogP contribution in [0.25, 0.3) is 0 Å². The Morgan fingerprint density at radius 2 is 1.70 bits per heavy atom. The van der Waals surface area contributed by atoms with Crippen molar-refractivity contribution in [1.29, 1.82) is 0 Å². The number of nitrogens with zero attached hydrogens (tertiary/aromatic N) is 1. The summed E-state index contributed by atoms with van der Waals surface area (Å²) in [5.74, 6) is -0.543. The molecule has 2 aromatic rings. The number of hydrogen-bond donors (Lipinski definition) is 1. The van der Waals surface area contributed by atoms with Gasteiger partial charge in [0.15, 0.2) is 0 Å². The molecule has 2 aromatic carbocycles. The molecule has 0 saturated carbocycles. The van der Waals surface area contributed by atoms with Crippen molar-refractivity contribution >= 4 is 38.9 Å². The molecule has 0 unspecified atom stereocenters. The van der Waals surface area contributed by atoms with Gasteiger partial charge < -0.3 is 10.2 Å². The number of sulfone groups is 1. The molecule has 6 nitrogen and oxygen atoms in total. The highest BCUT2D eigenvalue weighted by Crippen LogP contribution is 2.30. The summed E-state index contributed by atoms with van der Waals surface area (Å²) in [5.41, 5.74) is 0.411. The van der Waals surface area contributed by atoms with E-state index in [4.69, 9.17) is 11.6 Å². The largest absolute Gasteiger partial charge is 0.342 e. The van der Waals surface area contributed by atoms with Crippen LogP contribution in [0, 0.1) is 0 Å². The maximum atomic E-state index is 13.2. The Balaban J connectivity index is 2.50. The van der Waals surface area contributed by atoms with Crippen molar-refractivity contribution in [2.75, 3.05) is 18.9 Å². The van der Waals surface area contributed by atoms with Crippen LogP contribution in [0.3, 0.4) is 0 Å². The lowest BCUT2D eigenvalue weighted by Crippen LogP contribution is -2.28. The Kier molecular flexibility index (Phi) is 8.43.